The maximum Gasteiger partial charge on any atom is 0.412 e. The highest BCUT2D eigenvalue weighted by atomic mass is 35.5. The summed E-state index contributed by atoms with van der Waals surface area (Å²) in [5.41, 5.74) is -1.84. The number of amides is 4. The van der Waals surface area contributed by atoms with E-state index >= 15 is 4.39 Å². The molecule has 0 radical (unpaired) electrons. The lowest BCUT2D eigenvalue weighted by Gasteiger charge is -2.29. The number of imide groups is 1. The summed E-state index contributed by atoms with van der Waals surface area (Å²) in [6.07, 6.45) is -5.06. The van der Waals surface area contributed by atoms with E-state index in [1.807, 2.05) is 0 Å². The predicted octanol–water partition coefficient (Wildman–Crippen LogP) is 3.41. The van der Waals surface area contributed by atoms with Crippen LogP contribution in [0.25, 0.3) is 0 Å². The number of hydrogen-bond donors (Lipinski definition) is 2. The zero-order valence-electron chi connectivity index (χ0n) is 17.5. The van der Waals surface area contributed by atoms with Gasteiger partial charge >= 0.3 is 6.18 Å². The third-order valence-electron chi connectivity index (χ3n) is 5.77. The van der Waals surface area contributed by atoms with Crippen LogP contribution in [0.4, 0.5) is 22.0 Å². The molecule has 2 aromatic rings. The number of fused-ring (bicyclic) bond motifs is 1. The van der Waals surface area contributed by atoms with Crippen molar-refractivity contribution in [2.45, 2.75) is 37.6 Å². The monoisotopic (exact) mass is 515 g/mol. The minimum absolute atomic E-state index is 0.0189. The van der Waals surface area contributed by atoms with Crippen molar-refractivity contribution in [3.63, 3.8) is 0 Å². The average Bonchev–Trinajstić information content (AvgIpc) is 3.09. The van der Waals surface area contributed by atoms with Crippen molar-refractivity contribution in [1.29, 1.82) is 0 Å². The van der Waals surface area contributed by atoms with Crippen LogP contribution in [-0.4, -0.2) is 40.7 Å². The Morgan fingerprint density at radius 1 is 1.14 bits per heavy atom. The van der Waals surface area contributed by atoms with Gasteiger partial charge in [0.15, 0.2) is 6.04 Å². The maximum atomic E-state index is 15.2. The van der Waals surface area contributed by atoms with Crippen molar-refractivity contribution < 1.29 is 41.1 Å². The van der Waals surface area contributed by atoms with Crippen LogP contribution in [0.15, 0.2) is 30.3 Å². The van der Waals surface area contributed by atoms with Gasteiger partial charge in [-0.25, -0.2) is 8.78 Å². The smallest absolute Gasteiger partial charge is 0.337 e. The highest BCUT2D eigenvalue weighted by Crippen LogP contribution is 2.37. The molecule has 2 unspecified atom stereocenters. The molecule has 0 spiro atoms. The first-order chi connectivity index (χ1) is 16.4. The predicted molar refractivity (Wildman–Crippen MR) is 110 cm³/mol. The largest absolute Gasteiger partial charge is 0.412 e. The van der Waals surface area contributed by atoms with Gasteiger partial charge in [0.05, 0.1) is 12.1 Å². The number of alkyl halides is 3. The molecule has 35 heavy (non-hydrogen) atoms. The SMILES string of the molecule is O=C1CCC(N2Cc3c(ccc(C(=O)NC(c4ccc(F)cc4Cl)C(F)(F)F)c3F)C2=O)C(=O)N1. The second kappa shape index (κ2) is 8.91. The summed E-state index contributed by atoms with van der Waals surface area (Å²) in [5, 5.41) is 3.17. The van der Waals surface area contributed by atoms with Crippen LogP contribution in [0, 0.1) is 11.6 Å². The number of nitrogens with one attached hydrogen (secondary N) is 2. The summed E-state index contributed by atoms with van der Waals surface area (Å²) in [7, 11) is 0. The summed E-state index contributed by atoms with van der Waals surface area (Å²) in [6.45, 7) is -0.417. The summed E-state index contributed by atoms with van der Waals surface area (Å²) in [6, 6.07) is 0.358. The Morgan fingerprint density at radius 3 is 2.49 bits per heavy atom. The highest BCUT2D eigenvalue weighted by molar-refractivity contribution is 6.31. The zero-order chi connectivity index (χ0) is 25.7. The van der Waals surface area contributed by atoms with Crippen molar-refractivity contribution in [3.8, 4) is 0 Å². The van der Waals surface area contributed by atoms with Crippen molar-refractivity contribution in [2.24, 2.45) is 0 Å². The fraction of sp³-hybridized carbons (Fsp3) is 0.273. The van der Waals surface area contributed by atoms with E-state index in [0.717, 1.165) is 29.2 Å². The van der Waals surface area contributed by atoms with Gasteiger partial charge in [-0.15, -0.1) is 0 Å². The summed E-state index contributed by atoms with van der Waals surface area (Å²) < 4.78 is 69.6. The average molecular weight is 516 g/mol. The highest BCUT2D eigenvalue weighted by Gasteiger charge is 2.44. The molecule has 184 valence electrons. The molecule has 2 atom stereocenters. The van der Waals surface area contributed by atoms with E-state index in [1.165, 1.54) is 0 Å². The quantitative estimate of drug-likeness (QED) is 0.482. The Kier molecular flexibility index (Phi) is 6.26. The number of nitrogens with zero attached hydrogens (tertiary/aromatic N) is 1. The molecule has 1 saturated heterocycles. The number of halogens is 6. The van der Waals surface area contributed by atoms with E-state index < -0.39 is 76.2 Å². The number of benzene rings is 2. The minimum atomic E-state index is -5.05. The van der Waals surface area contributed by atoms with E-state index in [1.54, 1.807) is 5.32 Å². The minimum Gasteiger partial charge on any atom is -0.337 e. The van der Waals surface area contributed by atoms with Gasteiger partial charge in [0.1, 0.15) is 17.7 Å². The van der Waals surface area contributed by atoms with Gasteiger partial charge in [0.25, 0.3) is 11.8 Å². The van der Waals surface area contributed by atoms with Gasteiger partial charge in [-0.3, -0.25) is 24.5 Å². The Balaban J connectivity index is 1.61. The molecular formula is C22H15ClF5N3O4. The van der Waals surface area contributed by atoms with E-state index in [9.17, 15) is 36.7 Å². The molecule has 0 saturated carbocycles. The van der Waals surface area contributed by atoms with Gasteiger partial charge in [-0.2, -0.15) is 13.2 Å². The van der Waals surface area contributed by atoms with Crippen molar-refractivity contribution >= 4 is 35.2 Å². The maximum absolute atomic E-state index is 15.2. The third-order valence-corrected chi connectivity index (χ3v) is 6.10. The number of carbonyl (C=O) groups is 4. The first-order valence-electron chi connectivity index (χ1n) is 10.2. The van der Waals surface area contributed by atoms with Crippen LogP contribution in [0.1, 0.15) is 50.7 Å². The van der Waals surface area contributed by atoms with Crippen LogP contribution in [-0.2, 0) is 16.1 Å². The molecule has 0 aromatic heterocycles. The Bertz CT molecular complexity index is 1270. The molecule has 4 rings (SSSR count). The Hall–Kier alpha value is -3.54. The third kappa shape index (κ3) is 4.57. The van der Waals surface area contributed by atoms with Gasteiger partial charge < -0.3 is 10.2 Å². The lowest BCUT2D eigenvalue weighted by atomic mass is 10.0. The molecule has 7 nitrogen and oxygen atoms in total. The summed E-state index contributed by atoms with van der Waals surface area (Å²) in [5.74, 6) is -5.52. The van der Waals surface area contributed by atoms with E-state index in [-0.39, 0.29) is 24.0 Å². The van der Waals surface area contributed by atoms with Crippen LogP contribution >= 0.6 is 11.6 Å². The van der Waals surface area contributed by atoms with Crippen molar-refractivity contribution in [1.82, 2.24) is 15.5 Å². The van der Waals surface area contributed by atoms with Gasteiger partial charge in [0, 0.05) is 28.1 Å². The van der Waals surface area contributed by atoms with Gasteiger partial charge in [0.2, 0.25) is 11.8 Å². The zero-order valence-corrected chi connectivity index (χ0v) is 18.3. The molecule has 2 N–H and O–H groups in total. The van der Waals surface area contributed by atoms with E-state index in [0.29, 0.717) is 6.07 Å². The number of carbonyl (C=O) groups excluding carboxylic acids is 4. The van der Waals surface area contributed by atoms with Gasteiger partial charge in [-0.05, 0) is 30.7 Å². The number of piperidine rings is 1. The molecule has 13 heteroatoms. The van der Waals surface area contributed by atoms with Crippen LogP contribution < -0.4 is 10.6 Å². The Morgan fingerprint density at radius 2 is 1.86 bits per heavy atom. The topological polar surface area (TPSA) is 95.6 Å². The molecule has 4 amide bonds. The molecule has 1 fully saturated rings. The fourth-order valence-corrected chi connectivity index (χ4v) is 4.34. The number of hydrogen-bond acceptors (Lipinski definition) is 4. The Labute approximate surface area is 199 Å². The molecule has 2 aliphatic rings. The second-order valence-electron chi connectivity index (χ2n) is 7.97. The van der Waals surface area contributed by atoms with E-state index in [4.69, 9.17) is 11.6 Å². The standard InChI is InChI=1S/C22H15ClF5N3O4/c23-14-7-9(24)1-2-11(14)18(22(26,27)28)30-19(33)12-4-3-10-13(17(12)25)8-31(21(10)35)15-5-6-16(32)29-20(15)34/h1-4,7,15,18H,5-6,8H2,(H,30,33)(H,29,32,34). The second-order valence-corrected chi connectivity index (χ2v) is 8.37. The summed E-state index contributed by atoms with van der Waals surface area (Å²) >= 11 is 5.73. The normalized spacial score (nSPS) is 18.9. The number of rotatable bonds is 4. The van der Waals surface area contributed by atoms with Crippen LogP contribution in [0.5, 0.6) is 0 Å². The lowest BCUT2D eigenvalue weighted by Crippen LogP contribution is -2.52. The molecular weight excluding hydrogens is 501 g/mol. The van der Waals surface area contributed by atoms with Gasteiger partial charge in [-0.1, -0.05) is 17.7 Å². The first-order valence-corrected chi connectivity index (χ1v) is 10.5. The van der Waals surface area contributed by atoms with Crippen LogP contribution in [0.3, 0.4) is 0 Å². The molecule has 2 aromatic carbocycles. The van der Waals surface area contributed by atoms with Crippen LogP contribution in [0.2, 0.25) is 5.02 Å². The molecule has 2 aliphatic heterocycles. The van der Waals surface area contributed by atoms with Crippen molar-refractivity contribution in [3.05, 3.63) is 69.2 Å². The molecule has 2 heterocycles. The fourth-order valence-electron chi connectivity index (χ4n) is 4.06. The lowest BCUT2D eigenvalue weighted by molar-refractivity contribution is -0.155. The van der Waals surface area contributed by atoms with Crippen molar-refractivity contribution in [2.75, 3.05) is 0 Å². The molecule has 0 bridgehead atoms. The first kappa shape index (κ1) is 24.6. The molecule has 0 aliphatic carbocycles. The van der Waals surface area contributed by atoms with E-state index in [2.05, 4.69) is 5.32 Å². The summed E-state index contributed by atoms with van der Waals surface area (Å²) in [4.78, 5) is 49.9.